The Kier molecular flexibility index (Phi) is 6.51. The minimum Gasteiger partial charge on any atom is -0.507 e. The molecule has 27 heavy (non-hydrogen) atoms. The van der Waals surface area contributed by atoms with Crippen LogP contribution in [-0.4, -0.2) is 45.4 Å². The van der Waals surface area contributed by atoms with Gasteiger partial charge in [-0.15, -0.1) is 0 Å². The zero-order valence-electron chi connectivity index (χ0n) is 15.3. The molecule has 146 valence electrons. The Morgan fingerprint density at radius 1 is 1.19 bits per heavy atom. The van der Waals surface area contributed by atoms with Crippen molar-refractivity contribution >= 4 is 17.8 Å². The van der Waals surface area contributed by atoms with E-state index in [1.165, 1.54) is 32.1 Å². The van der Waals surface area contributed by atoms with Crippen LogP contribution in [0.3, 0.4) is 0 Å². The highest BCUT2D eigenvalue weighted by atomic mass is 19.1. The maximum absolute atomic E-state index is 14.1. The van der Waals surface area contributed by atoms with E-state index in [1.807, 2.05) is 0 Å². The van der Waals surface area contributed by atoms with Crippen molar-refractivity contribution in [2.45, 2.75) is 45.5 Å². The predicted molar refractivity (Wildman–Crippen MR) is 96.7 cm³/mol. The zero-order valence-corrected chi connectivity index (χ0v) is 15.3. The number of aliphatic hydroxyl groups is 2. The van der Waals surface area contributed by atoms with E-state index in [-0.39, 0.29) is 17.7 Å². The Hall–Kier alpha value is -2.51. The van der Waals surface area contributed by atoms with Crippen molar-refractivity contribution in [2.24, 2.45) is 5.92 Å². The van der Waals surface area contributed by atoms with Gasteiger partial charge in [-0.25, -0.2) is 9.18 Å². The number of aromatic hydroxyl groups is 1. The molecule has 6 nitrogen and oxygen atoms in total. The molecule has 0 saturated heterocycles. The highest BCUT2D eigenvalue weighted by Crippen LogP contribution is 2.27. The monoisotopic (exact) mass is 378 g/mol. The number of aryl methyl sites for hydroxylation is 1. The van der Waals surface area contributed by atoms with Crippen LogP contribution < -0.4 is 0 Å². The topological polar surface area (TPSA) is 104 Å². The molecule has 1 aliphatic heterocycles. The molecule has 2 rings (SSSR count). The fraction of sp³-hybridized carbons (Fsp3) is 0.400. The van der Waals surface area contributed by atoms with Gasteiger partial charge in [-0.3, -0.25) is 4.79 Å². The summed E-state index contributed by atoms with van der Waals surface area (Å²) in [5.74, 6) is -4.17. The van der Waals surface area contributed by atoms with Crippen LogP contribution in [0, 0.1) is 12.8 Å². The van der Waals surface area contributed by atoms with E-state index in [1.54, 1.807) is 13.0 Å². The molecule has 0 aromatic heterocycles. The van der Waals surface area contributed by atoms with E-state index >= 15 is 0 Å². The minimum atomic E-state index is -1.91. The van der Waals surface area contributed by atoms with E-state index in [0.29, 0.717) is 11.1 Å². The Bertz CT molecular complexity index is 798. The number of hydrogen-bond acceptors (Lipinski definition) is 6. The first-order chi connectivity index (χ1) is 12.6. The molecule has 0 unspecified atom stereocenters. The van der Waals surface area contributed by atoms with E-state index in [4.69, 9.17) is 4.74 Å². The van der Waals surface area contributed by atoms with Gasteiger partial charge in [-0.2, -0.15) is 0 Å². The molecule has 0 fully saturated rings. The Balaban J connectivity index is 2.52. The number of benzene rings is 1. The first-order valence-electron chi connectivity index (χ1n) is 8.60. The van der Waals surface area contributed by atoms with Gasteiger partial charge in [0.05, 0.1) is 6.10 Å². The molecule has 0 amide bonds. The van der Waals surface area contributed by atoms with Crippen molar-refractivity contribution in [2.75, 3.05) is 0 Å². The van der Waals surface area contributed by atoms with Gasteiger partial charge in [0.25, 0.3) is 0 Å². The fourth-order valence-corrected chi connectivity index (χ4v) is 2.71. The van der Waals surface area contributed by atoms with Crippen molar-refractivity contribution in [3.05, 3.63) is 46.8 Å². The van der Waals surface area contributed by atoms with Crippen LogP contribution in [0.4, 0.5) is 4.39 Å². The summed E-state index contributed by atoms with van der Waals surface area (Å²) in [4.78, 5) is 24.5. The van der Waals surface area contributed by atoms with Crippen LogP contribution in [0.2, 0.25) is 0 Å². The molecule has 1 aliphatic rings. The van der Waals surface area contributed by atoms with Gasteiger partial charge in [-0.1, -0.05) is 25.1 Å². The summed E-state index contributed by atoms with van der Waals surface area (Å²) in [6, 6.07) is 3.07. The number of esters is 1. The number of Topliss-reactive ketones (excluding diaryl/α,β-unsaturated/α-hetero) is 1. The molecule has 1 heterocycles. The number of cyclic esters (lactones) is 1. The number of phenolic OH excluding ortho intramolecular Hbond substituents is 1. The maximum atomic E-state index is 14.1. The number of hydrogen-bond donors (Lipinski definition) is 3. The molecule has 0 saturated carbocycles. The average molecular weight is 378 g/mol. The van der Waals surface area contributed by atoms with Gasteiger partial charge in [-0.05, 0) is 43.5 Å². The van der Waals surface area contributed by atoms with Crippen LogP contribution in [0.1, 0.15) is 41.8 Å². The normalized spacial score (nSPS) is 30.5. The molecule has 3 N–H and O–H groups in total. The highest BCUT2D eigenvalue weighted by molar-refractivity contribution is 5.98. The lowest BCUT2D eigenvalue weighted by Crippen LogP contribution is -2.34. The fourth-order valence-electron chi connectivity index (χ4n) is 2.71. The van der Waals surface area contributed by atoms with Crippen molar-refractivity contribution in [3.63, 3.8) is 0 Å². The number of phenols is 1. The van der Waals surface area contributed by atoms with Crippen LogP contribution in [0.15, 0.2) is 30.1 Å². The third kappa shape index (κ3) is 4.81. The van der Waals surface area contributed by atoms with Crippen LogP contribution in [0.25, 0.3) is 6.08 Å². The summed E-state index contributed by atoms with van der Waals surface area (Å²) in [7, 11) is 0. The molecule has 4 atom stereocenters. The second-order valence-corrected chi connectivity index (χ2v) is 6.75. The Morgan fingerprint density at radius 2 is 1.85 bits per heavy atom. The maximum Gasteiger partial charge on any atom is 0.342 e. The van der Waals surface area contributed by atoms with Gasteiger partial charge in [0.1, 0.15) is 23.5 Å². The van der Waals surface area contributed by atoms with E-state index in [2.05, 4.69) is 0 Å². The first-order valence-corrected chi connectivity index (χ1v) is 8.60. The SMILES string of the molecule is Cc1cc(O)c2c(c1)/C=C/C[C@H](O)[C@H](O)C(=O)/C(F)=C\[C@@H](C)[C@H](C)OC2=O. The number of aliphatic hydroxyl groups excluding tert-OH is 2. The average Bonchev–Trinajstić information content (AvgIpc) is 2.58. The van der Waals surface area contributed by atoms with Gasteiger partial charge in [0.2, 0.25) is 5.78 Å². The molecule has 1 aromatic rings. The molecular weight excluding hydrogens is 355 g/mol. The lowest BCUT2D eigenvalue weighted by molar-refractivity contribution is -0.130. The number of carbonyl (C=O) groups excluding carboxylic acids is 2. The summed E-state index contributed by atoms with van der Waals surface area (Å²) in [6.07, 6.45) is -0.565. The minimum absolute atomic E-state index is 0.0523. The van der Waals surface area contributed by atoms with Crippen LogP contribution >= 0.6 is 0 Å². The lowest BCUT2D eigenvalue weighted by atomic mass is 9.98. The molecule has 0 bridgehead atoms. The summed E-state index contributed by atoms with van der Waals surface area (Å²) >= 11 is 0. The van der Waals surface area contributed by atoms with E-state index < -0.39 is 41.8 Å². The number of ketones is 1. The first kappa shape index (κ1) is 20.8. The summed E-state index contributed by atoms with van der Waals surface area (Å²) < 4.78 is 19.4. The second kappa shape index (κ2) is 8.45. The van der Waals surface area contributed by atoms with Crippen LogP contribution in [-0.2, 0) is 9.53 Å². The molecular formula is C20H23FO6. The molecule has 0 spiro atoms. The standard InChI is InChI=1S/C20H23FO6/c1-10-7-13-5-4-6-15(22)19(25)18(24)14(21)9-11(2)12(3)27-20(26)17(13)16(23)8-10/h4-5,7-9,11-12,15,19,22-23,25H,6H2,1-3H3/b5-4+,14-9+/t11-,12+,15+,19+/m1/s1. The van der Waals surface area contributed by atoms with E-state index in [9.17, 15) is 29.3 Å². The number of rotatable bonds is 0. The number of ether oxygens (including phenoxy) is 1. The molecule has 1 aromatic carbocycles. The van der Waals surface area contributed by atoms with Crippen molar-refractivity contribution in [1.29, 1.82) is 0 Å². The molecule has 0 aliphatic carbocycles. The largest absolute Gasteiger partial charge is 0.507 e. The smallest absolute Gasteiger partial charge is 0.342 e. The Morgan fingerprint density at radius 3 is 2.52 bits per heavy atom. The van der Waals surface area contributed by atoms with Gasteiger partial charge in [0.15, 0.2) is 5.83 Å². The number of fused-ring (bicyclic) bond motifs is 1. The molecule has 0 radical (unpaired) electrons. The number of halogens is 1. The van der Waals surface area contributed by atoms with E-state index in [0.717, 1.165) is 6.08 Å². The summed E-state index contributed by atoms with van der Waals surface area (Å²) in [5, 5.41) is 30.0. The van der Waals surface area contributed by atoms with Crippen LogP contribution in [0.5, 0.6) is 5.75 Å². The lowest BCUT2D eigenvalue weighted by Gasteiger charge is -2.20. The summed E-state index contributed by atoms with van der Waals surface area (Å²) in [5.41, 5.74) is 1.01. The summed E-state index contributed by atoms with van der Waals surface area (Å²) in [6.45, 7) is 4.80. The predicted octanol–water partition coefficient (Wildman–Crippen LogP) is 2.44. The van der Waals surface area contributed by atoms with Crippen molar-refractivity contribution in [1.82, 2.24) is 0 Å². The highest BCUT2D eigenvalue weighted by Gasteiger charge is 2.29. The van der Waals surface area contributed by atoms with Gasteiger partial charge in [0, 0.05) is 5.92 Å². The van der Waals surface area contributed by atoms with Gasteiger partial charge >= 0.3 is 5.97 Å². The number of carbonyl (C=O) groups is 2. The van der Waals surface area contributed by atoms with Crippen molar-refractivity contribution in [3.8, 4) is 5.75 Å². The van der Waals surface area contributed by atoms with Gasteiger partial charge < -0.3 is 20.1 Å². The third-order valence-corrected chi connectivity index (χ3v) is 4.48. The molecule has 7 heteroatoms. The quantitative estimate of drug-likeness (QED) is 0.599. The Labute approximate surface area is 156 Å². The van der Waals surface area contributed by atoms with Crippen molar-refractivity contribution < 1.29 is 34.0 Å². The zero-order chi connectivity index (χ0) is 20.3. The third-order valence-electron chi connectivity index (χ3n) is 4.48. The second-order valence-electron chi connectivity index (χ2n) is 6.75.